The molecule has 1 aromatic heterocycles. The molecule has 1 heterocycles. The van der Waals surface area contributed by atoms with Crippen LogP contribution in [0.15, 0.2) is 27.8 Å². The van der Waals surface area contributed by atoms with Crippen molar-refractivity contribution in [2.24, 2.45) is 0 Å². The molecular weight excluding hydrogens is 264 g/mol. The lowest BCUT2D eigenvalue weighted by molar-refractivity contribution is 0.489. The van der Waals surface area contributed by atoms with Gasteiger partial charge in [0.25, 0.3) is 5.22 Å². The molecular formula is C13H18N2OS2. The van der Waals surface area contributed by atoms with E-state index in [0.29, 0.717) is 4.75 Å². The highest BCUT2D eigenvalue weighted by molar-refractivity contribution is 8.03. The van der Waals surface area contributed by atoms with Crippen LogP contribution in [-0.2, 0) is 0 Å². The molecule has 0 atom stereocenters. The van der Waals surface area contributed by atoms with E-state index in [4.69, 9.17) is 10.2 Å². The van der Waals surface area contributed by atoms with Gasteiger partial charge in [-0.25, -0.2) is 4.98 Å². The molecule has 1 aromatic carbocycles. The Labute approximate surface area is 116 Å². The summed E-state index contributed by atoms with van der Waals surface area (Å²) in [5, 5.41) is 0.727. The van der Waals surface area contributed by atoms with Gasteiger partial charge in [-0.2, -0.15) is 11.8 Å². The fraction of sp³-hybridized carbons (Fsp3) is 0.462. The van der Waals surface area contributed by atoms with Gasteiger partial charge in [0.2, 0.25) is 0 Å². The number of nitrogens with zero attached hydrogens (tertiary/aromatic N) is 1. The Balaban J connectivity index is 1.92. The van der Waals surface area contributed by atoms with Crippen LogP contribution in [0.25, 0.3) is 11.1 Å². The number of nitrogen functional groups attached to an aromatic ring is 1. The topological polar surface area (TPSA) is 52.0 Å². The third kappa shape index (κ3) is 3.85. The third-order valence-corrected chi connectivity index (χ3v) is 4.60. The predicted octanol–water partition coefficient (Wildman–Crippen LogP) is 4.03. The number of oxazole rings is 1. The van der Waals surface area contributed by atoms with Crippen molar-refractivity contribution in [1.29, 1.82) is 0 Å². The zero-order chi connectivity index (χ0) is 13.2. The first-order chi connectivity index (χ1) is 8.44. The van der Waals surface area contributed by atoms with Gasteiger partial charge in [0.1, 0.15) is 5.52 Å². The summed E-state index contributed by atoms with van der Waals surface area (Å²) in [4.78, 5) is 4.41. The zero-order valence-electron chi connectivity index (χ0n) is 10.9. The van der Waals surface area contributed by atoms with Crippen molar-refractivity contribution in [1.82, 2.24) is 4.98 Å². The van der Waals surface area contributed by atoms with E-state index in [1.54, 1.807) is 11.8 Å². The lowest BCUT2D eigenvalue weighted by atomic mass is 10.3. The molecule has 0 aliphatic heterocycles. The summed E-state index contributed by atoms with van der Waals surface area (Å²) >= 11 is 3.61. The van der Waals surface area contributed by atoms with Crippen LogP contribution in [-0.4, -0.2) is 21.2 Å². The van der Waals surface area contributed by atoms with Gasteiger partial charge >= 0.3 is 0 Å². The number of nitrogens with two attached hydrogens (primary N) is 1. The summed E-state index contributed by atoms with van der Waals surface area (Å²) in [6.07, 6.45) is 0. The maximum atomic E-state index is 5.71. The van der Waals surface area contributed by atoms with Crippen molar-refractivity contribution in [3.63, 3.8) is 0 Å². The van der Waals surface area contributed by atoms with E-state index in [-0.39, 0.29) is 0 Å². The molecule has 0 aliphatic carbocycles. The molecule has 0 unspecified atom stereocenters. The number of fused-ring (bicyclic) bond motifs is 1. The third-order valence-electron chi connectivity index (χ3n) is 2.24. The molecule has 0 saturated heterocycles. The van der Waals surface area contributed by atoms with Crippen LogP contribution in [0.4, 0.5) is 5.69 Å². The monoisotopic (exact) mass is 282 g/mol. The van der Waals surface area contributed by atoms with E-state index < -0.39 is 0 Å². The number of thioether (sulfide) groups is 2. The van der Waals surface area contributed by atoms with Crippen molar-refractivity contribution in [2.75, 3.05) is 17.2 Å². The Morgan fingerprint density at radius 3 is 2.78 bits per heavy atom. The van der Waals surface area contributed by atoms with Crippen LogP contribution in [0.5, 0.6) is 0 Å². The number of anilines is 1. The number of hydrogen-bond acceptors (Lipinski definition) is 5. The number of rotatable bonds is 4. The van der Waals surface area contributed by atoms with Gasteiger partial charge in [0, 0.05) is 21.9 Å². The summed E-state index contributed by atoms with van der Waals surface area (Å²) in [6, 6.07) is 5.54. The van der Waals surface area contributed by atoms with Crippen LogP contribution in [0, 0.1) is 0 Å². The molecule has 0 radical (unpaired) electrons. The minimum atomic E-state index is 0.316. The van der Waals surface area contributed by atoms with Crippen LogP contribution < -0.4 is 5.73 Å². The van der Waals surface area contributed by atoms with Crippen molar-refractivity contribution >= 4 is 40.3 Å². The van der Waals surface area contributed by atoms with Gasteiger partial charge in [0.05, 0.1) is 0 Å². The molecule has 2 aromatic rings. The maximum Gasteiger partial charge on any atom is 0.256 e. The van der Waals surface area contributed by atoms with E-state index in [0.717, 1.165) is 33.5 Å². The van der Waals surface area contributed by atoms with E-state index in [2.05, 4.69) is 25.8 Å². The Kier molecular flexibility index (Phi) is 4.12. The lowest BCUT2D eigenvalue weighted by Crippen LogP contribution is -2.08. The number of aromatic nitrogens is 1. The van der Waals surface area contributed by atoms with Gasteiger partial charge in [-0.15, -0.1) is 0 Å². The average molecular weight is 282 g/mol. The second kappa shape index (κ2) is 5.45. The van der Waals surface area contributed by atoms with Gasteiger partial charge < -0.3 is 10.2 Å². The normalized spacial score (nSPS) is 12.2. The van der Waals surface area contributed by atoms with E-state index in [1.165, 1.54) is 0 Å². The molecule has 98 valence electrons. The Morgan fingerprint density at radius 1 is 1.28 bits per heavy atom. The van der Waals surface area contributed by atoms with Crippen LogP contribution in [0.3, 0.4) is 0 Å². The molecule has 18 heavy (non-hydrogen) atoms. The smallest absolute Gasteiger partial charge is 0.256 e. The van der Waals surface area contributed by atoms with Crippen molar-refractivity contribution in [2.45, 2.75) is 30.7 Å². The molecule has 0 fully saturated rings. The Bertz CT molecular complexity index is 531. The minimum Gasteiger partial charge on any atom is -0.431 e. The lowest BCUT2D eigenvalue weighted by Gasteiger charge is -2.16. The summed E-state index contributed by atoms with van der Waals surface area (Å²) in [5.41, 5.74) is 8.06. The maximum absolute atomic E-state index is 5.71. The molecule has 3 nitrogen and oxygen atoms in total. The van der Waals surface area contributed by atoms with Crippen LogP contribution in [0.2, 0.25) is 0 Å². The second-order valence-electron chi connectivity index (χ2n) is 5.02. The van der Waals surface area contributed by atoms with E-state index >= 15 is 0 Å². The molecule has 0 spiro atoms. The average Bonchev–Trinajstić information content (AvgIpc) is 2.65. The van der Waals surface area contributed by atoms with Gasteiger partial charge in [-0.05, 0) is 18.2 Å². The standard InChI is InChI=1S/C13H18N2OS2/c1-13(2,3)18-7-6-17-12-15-10-8-9(14)4-5-11(10)16-12/h4-5,8H,6-7,14H2,1-3H3. The quantitative estimate of drug-likeness (QED) is 0.521. The first-order valence-electron chi connectivity index (χ1n) is 5.87. The van der Waals surface area contributed by atoms with Crippen LogP contribution >= 0.6 is 23.5 Å². The molecule has 2 rings (SSSR count). The van der Waals surface area contributed by atoms with Gasteiger partial charge in [-0.1, -0.05) is 32.5 Å². The molecule has 0 bridgehead atoms. The highest BCUT2D eigenvalue weighted by Gasteiger charge is 2.11. The van der Waals surface area contributed by atoms with Gasteiger partial charge in [-0.3, -0.25) is 0 Å². The SMILES string of the molecule is CC(C)(C)SCCSc1nc2cc(N)ccc2o1. The second-order valence-corrected chi connectivity index (χ2v) is 7.98. The molecule has 5 heteroatoms. The fourth-order valence-corrected chi connectivity index (χ4v) is 3.23. The molecule has 0 amide bonds. The largest absolute Gasteiger partial charge is 0.431 e. The predicted molar refractivity (Wildman–Crippen MR) is 81.4 cm³/mol. The summed E-state index contributed by atoms with van der Waals surface area (Å²) in [7, 11) is 0. The number of benzene rings is 1. The van der Waals surface area contributed by atoms with Crippen molar-refractivity contribution in [3.05, 3.63) is 18.2 Å². The van der Waals surface area contributed by atoms with E-state index in [9.17, 15) is 0 Å². The number of hydrogen-bond donors (Lipinski definition) is 1. The Morgan fingerprint density at radius 2 is 2.06 bits per heavy atom. The highest BCUT2D eigenvalue weighted by Crippen LogP contribution is 2.28. The molecule has 2 N–H and O–H groups in total. The fourth-order valence-electron chi connectivity index (χ4n) is 1.46. The summed E-state index contributed by atoms with van der Waals surface area (Å²) in [5.74, 6) is 2.10. The van der Waals surface area contributed by atoms with E-state index in [1.807, 2.05) is 30.0 Å². The molecule has 0 aliphatic rings. The van der Waals surface area contributed by atoms with Crippen molar-refractivity contribution in [3.8, 4) is 0 Å². The zero-order valence-corrected chi connectivity index (χ0v) is 12.5. The summed E-state index contributed by atoms with van der Waals surface area (Å²) < 4.78 is 5.96. The Hall–Kier alpha value is -0.810. The van der Waals surface area contributed by atoms with Crippen molar-refractivity contribution < 1.29 is 4.42 Å². The first-order valence-corrected chi connectivity index (χ1v) is 7.84. The highest BCUT2D eigenvalue weighted by atomic mass is 32.2. The minimum absolute atomic E-state index is 0.316. The van der Waals surface area contributed by atoms with Gasteiger partial charge in [0.15, 0.2) is 5.58 Å². The van der Waals surface area contributed by atoms with Crippen LogP contribution in [0.1, 0.15) is 20.8 Å². The summed E-state index contributed by atoms with van der Waals surface area (Å²) in [6.45, 7) is 6.68. The molecule has 0 saturated carbocycles. The first kappa shape index (κ1) is 13.6.